The fraction of sp³-hybridized carbons (Fsp3) is 0.286. The van der Waals surface area contributed by atoms with Gasteiger partial charge in [-0.15, -0.1) is 0 Å². The van der Waals surface area contributed by atoms with Crippen LogP contribution in [0.5, 0.6) is 0 Å². The molecule has 5 heteroatoms. The van der Waals surface area contributed by atoms with E-state index in [4.69, 9.17) is 0 Å². The predicted molar refractivity (Wildman–Crippen MR) is 47.4 cm³/mol. The number of hydrogen-bond donors (Lipinski definition) is 1. The SMILES string of the molecule is Cc1cnccc1NS(C)(=O)=O. The Kier molecular flexibility index (Phi) is 2.32. The molecule has 12 heavy (non-hydrogen) atoms. The van der Waals surface area contributed by atoms with E-state index >= 15 is 0 Å². The van der Waals surface area contributed by atoms with Gasteiger partial charge in [-0.25, -0.2) is 8.42 Å². The molecule has 1 aromatic rings. The number of nitrogens with zero attached hydrogens (tertiary/aromatic N) is 1. The summed E-state index contributed by atoms with van der Waals surface area (Å²) in [5.41, 5.74) is 1.38. The fourth-order valence-electron chi connectivity index (χ4n) is 0.788. The molecule has 1 heterocycles. The lowest BCUT2D eigenvalue weighted by Crippen LogP contribution is -2.10. The Labute approximate surface area is 71.7 Å². The van der Waals surface area contributed by atoms with Gasteiger partial charge < -0.3 is 0 Å². The number of sulfonamides is 1. The normalized spacial score (nSPS) is 11.2. The predicted octanol–water partition coefficient (Wildman–Crippen LogP) is 0.762. The molecule has 1 N–H and O–H groups in total. The van der Waals surface area contributed by atoms with Crippen molar-refractivity contribution in [1.82, 2.24) is 4.98 Å². The summed E-state index contributed by atoms with van der Waals surface area (Å²) >= 11 is 0. The van der Waals surface area contributed by atoms with Crippen LogP contribution in [0.15, 0.2) is 18.5 Å². The van der Waals surface area contributed by atoms with E-state index in [2.05, 4.69) is 9.71 Å². The zero-order chi connectivity index (χ0) is 9.19. The molecule has 0 spiro atoms. The lowest BCUT2D eigenvalue weighted by Gasteiger charge is -2.05. The second kappa shape index (κ2) is 3.10. The lowest BCUT2D eigenvalue weighted by atomic mass is 10.3. The minimum absolute atomic E-state index is 0.576. The summed E-state index contributed by atoms with van der Waals surface area (Å²) in [4.78, 5) is 3.84. The minimum Gasteiger partial charge on any atom is -0.283 e. The summed E-state index contributed by atoms with van der Waals surface area (Å²) in [7, 11) is -3.18. The number of rotatable bonds is 2. The van der Waals surface area contributed by atoms with Gasteiger partial charge in [0.05, 0.1) is 11.9 Å². The van der Waals surface area contributed by atoms with Crippen LogP contribution in [0.25, 0.3) is 0 Å². The highest BCUT2D eigenvalue weighted by Crippen LogP contribution is 2.12. The van der Waals surface area contributed by atoms with Crippen LogP contribution < -0.4 is 4.72 Å². The third kappa shape index (κ3) is 2.50. The summed E-state index contributed by atoms with van der Waals surface area (Å²) in [6.07, 6.45) is 4.26. The number of hydrogen-bond acceptors (Lipinski definition) is 3. The zero-order valence-electron chi connectivity index (χ0n) is 6.90. The lowest BCUT2D eigenvalue weighted by molar-refractivity contribution is 0.607. The molecule has 0 unspecified atom stereocenters. The maximum Gasteiger partial charge on any atom is 0.229 e. The van der Waals surface area contributed by atoms with Gasteiger partial charge in [0.25, 0.3) is 0 Å². The van der Waals surface area contributed by atoms with E-state index < -0.39 is 10.0 Å². The van der Waals surface area contributed by atoms with Crippen molar-refractivity contribution < 1.29 is 8.42 Å². The van der Waals surface area contributed by atoms with Gasteiger partial charge in [0.15, 0.2) is 0 Å². The maximum absolute atomic E-state index is 10.8. The van der Waals surface area contributed by atoms with Crippen molar-refractivity contribution in [2.75, 3.05) is 11.0 Å². The highest BCUT2D eigenvalue weighted by atomic mass is 32.2. The van der Waals surface area contributed by atoms with Crippen LogP contribution in [0.2, 0.25) is 0 Å². The molecule has 0 bridgehead atoms. The molecule has 0 radical (unpaired) electrons. The highest BCUT2D eigenvalue weighted by molar-refractivity contribution is 7.92. The average molecular weight is 186 g/mol. The van der Waals surface area contributed by atoms with Gasteiger partial charge in [-0.05, 0) is 18.6 Å². The van der Waals surface area contributed by atoms with Gasteiger partial charge in [-0.2, -0.15) is 0 Å². The van der Waals surface area contributed by atoms with Crippen LogP contribution in [0.3, 0.4) is 0 Å². The van der Waals surface area contributed by atoms with Crippen LogP contribution in [0, 0.1) is 6.92 Å². The second-order valence-electron chi connectivity index (χ2n) is 2.56. The van der Waals surface area contributed by atoms with Crippen molar-refractivity contribution in [3.63, 3.8) is 0 Å². The first kappa shape index (κ1) is 8.99. The fourth-order valence-corrected chi connectivity index (χ4v) is 1.42. The standard InChI is InChI=1S/C7H10N2O2S/c1-6-5-8-4-3-7(6)9-12(2,10)11/h3-5H,1-2H3,(H,8,9). The van der Waals surface area contributed by atoms with Gasteiger partial charge >= 0.3 is 0 Å². The average Bonchev–Trinajstić information content (AvgIpc) is 1.91. The molecule has 66 valence electrons. The van der Waals surface area contributed by atoms with Crippen molar-refractivity contribution in [3.05, 3.63) is 24.0 Å². The number of nitrogens with one attached hydrogen (secondary N) is 1. The first-order valence-electron chi connectivity index (χ1n) is 3.37. The molecular weight excluding hydrogens is 176 g/mol. The molecule has 0 aliphatic rings. The molecule has 0 amide bonds. The topological polar surface area (TPSA) is 59.1 Å². The van der Waals surface area contributed by atoms with Crippen LogP contribution >= 0.6 is 0 Å². The Morgan fingerprint density at radius 3 is 2.67 bits per heavy atom. The molecule has 4 nitrogen and oxygen atoms in total. The molecule has 0 saturated heterocycles. The van der Waals surface area contributed by atoms with E-state index in [0.717, 1.165) is 11.8 Å². The van der Waals surface area contributed by atoms with E-state index in [9.17, 15) is 8.42 Å². The number of aryl methyl sites for hydroxylation is 1. The van der Waals surface area contributed by atoms with E-state index in [0.29, 0.717) is 5.69 Å². The molecular formula is C7H10N2O2S. The van der Waals surface area contributed by atoms with Crippen molar-refractivity contribution >= 4 is 15.7 Å². The second-order valence-corrected chi connectivity index (χ2v) is 4.31. The molecule has 0 atom stereocenters. The summed E-state index contributed by atoms with van der Waals surface area (Å²) in [5.74, 6) is 0. The maximum atomic E-state index is 10.8. The van der Waals surface area contributed by atoms with Crippen molar-refractivity contribution in [2.45, 2.75) is 6.92 Å². The van der Waals surface area contributed by atoms with Gasteiger partial charge in [0.2, 0.25) is 10.0 Å². The van der Waals surface area contributed by atoms with E-state index in [1.54, 1.807) is 25.4 Å². The Morgan fingerprint density at radius 1 is 1.50 bits per heavy atom. The van der Waals surface area contributed by atoms with Crippen molar-refractivity contribution in [2.24, 2.45) is 0 Å². The third-order valence-corrected chi connectivity index (χ3v) is 1.91. The summed E-state index contributed by atoms with van der Waals surface area (Å²) in [5, 5.41) is 0. The Balaban J connectivity index is 2.98. The van der Waals surface area contributed by atoms with Gasteiger partial charge in [0, 0.05) is 12.4 Å². The molecule has 1 aromatic heterocycles. The Morgan fingerprint density at radius 2 is 2.17 bits per heavy atom. The third-order valence-electron chi connectivity index (χ3n) is 1.32. The van der Waals surface area contributed by atoms with Crippen LogP contribution in [0.1, 0.15) is 5.56 Å². The first-order valence-corrected chi connectivity index (χ1v) is 5.26. The van der Waals surface area contributed by atoms with Gasteiger partial charge in [-0.1, -0.05) is 0 Å². The van der Waals surface area contributed by atoms with Crippen LogP contribution in [-0.2, 0) is 10.0 Å². The number of pyridine rings is 1. The Hall–Kier alpha value is -1.10. The molecule has 1 rings (SSSR count). The van der Waals surface area contributed by atoms with Crippen molar-refractivity contribution in [3.8, 4) is 0 Å². The monoisotopic (exact) mass is 186 g/mol. The van der Waals surface area contributed by atoms with Crippen LogP contribution in [0.4, 0.5) is 5.69 Å². The van der Waals surface area contributed by atoms with Gasteiger partial charge in [0.1, 0.15) is 0 Å². The number of aromatic nitrogens is 1. The number of anilines is 1. The molecule has 0 aliphatic carbocycles. The minimum atomic E-state index is -3.18. The van der Waals surface area contributed by atoms with E-state index in [1.165, 1.54) is 0 Å². The molecule has 0 saturated carbocycles. The van der Waals surface area contributed by atoms with Gasteiger partial charge in [-0.3, -0.25) is 9.71 Å². The molecule has 0 aromatic carbocycles. The van der Waals surface area contributed by atoms with Crippen molar-refractivity contribution in [1.29, 1.82) is 0 Å². The largest absolute Gasteiger partial charge is 0.283 e. The zero-order valence-corrected chi connectivity index (χ0v) is 7.72. The van der Waals surface area contributed by atoms with E-state index in [1.807, 2.05) is 0 Å². The Bertz CT molecular complexity index is 373. The molecule has 0 fully saturated rings. The smallest absolute Gasteiger partial charge is 0.229 e. The quantitative estimate of drug-likeness (QED) is 0.741. The highest BCUT2D eigenvalue weighted by Gasteiger charge is 2.02. The summed E-state index contributed by atoms with van der Waals surface area (Å²) < 4.78 is 24.0. The van der Waals surface area contributed by atoms with E-state index in [-0.39, 0.29) is 0 Å². The molecule has 0 aliphatic heterocycles. The first-order chi connectivity index (χ1) is 5.49. The summed E-state index contributed by atoms with van der Waals surface area (Å²) in [6, 6.07) is 1.62. The van der Waals surface area contributed by atoms with Crippen LogP contribution in [-0.4, -0.2) is 19.7 Å². The summed E-state index contributed by atoms with van der Waals surface area (Å²) in [6.45, 7) is 1.79.